The molecule has 5 heteroatoms. The maximum atomic E-state index is 9.20. The Morgan fingerprint density at radius 1 is 1.00 bits per heavy atom. The van der Waals surface area contributed by atoms with Crippen LogP contribution in [0.1, 0.15) is 11.1 Å². The first-order chi connectivity index (χ1) is 9.20. The lowest BCUT2D eigenvalue weighted by Crippen LogP contribution is -2.33. The van der Waals surface area contributed by atoms with Crippen molar-refractivity contribution in [1.82, 2.24) is 0 Å². The Balaban J connectivity index is 2.09. The van der Waals surface area contributed by atoms with Gasteiger partial charge in [-0.3, -0.25) is 0 Å². The molecule has 0 aromatic heterocycles. The van der Waals surface area contributed by atoms with Gasteiger partial charge in [0.15, 0.2) is 0 Å². The van der Waals surface area contributed by atoms with Crippen molar-refractivity contribution in [3.63, 3.8) is 0 Å². The van der Waals surface area contributed by atoms with Gasteiger partial charge in [0.1, 0.15) is 12.4 Å². The maximum absolute atomic E-state index is 9.20. The van der Waals surface area contributed by atoms with E-state index >= 15 is 0 Å². The van der Waals surface area contributed by atoms with Gasteiger partial charge in [-0.25, -0.2) is 0 Å². The quantitative estimate of drug-likeness (QED) is 0.680. The van der Waals surface area contributed by atoms with Crippen molar-refractivity contribution < 1.29 is 19.9 Å². The summed E-state index contributed by atoms with van der Waals surface area (Å²) in [6, 6.07) is 14.5. The van der Waals surface area contributed by atoms with E-state index in [1.807, 2.05) is 30.3 Å². The molecule has 0 aliphatic carbocycles. The highest BCUT2D eigenvalue weighted by Gasteiger charge is 2.15. The summed E-state index contributed by atoms with van der Waals surface area (Å²) >= 11 is 0. The van der Waals surface area contributed by atoms with Gasteiger partial charge < -0.3 is 19.9 Å². The van der Waals surface area contributed by atoms with Crippen molar-refractivity contribution >= 4 is 12.6 Å². The number of aliphatic hydroxyl groups is 1. The van der Waals surface area contributed by atoms with Crippen LogP contribution in [0.2, 0.25) is 0 Å². The molecule has 0 saturated carbocycles. The Morgan fingerprint density at radius 2 is 1.74 bits per heavy atom. The Morgan fingerprint density at radius 3 is 2.37 bits per heavy atom. The van der Waals surface area contributed by atoms with E-state index in [9.17, 15) is 5.11 Å². The molecule has 0 radical (unpaired) electrons. The maximum Gasteiger partial charge on any atom is 0.488 e. The van der Waals surface area contributed by atoms with Gasteiger partial charge in [-0.1, -0.05) is 36.4 Å². The Labute approximate surface area is 112 Å². The summed E-state index contributed by atoms with van der Waals surface area (Å²) in [6.07, 6.45) is 0. The molecule has 4 nitrogen and oxygen atoms in total. The van der Waals surface area contributed by atoms with Gasteiger partial charge in [0.2, 0.25) is 0 Å². The fraction of sp³-hybridized carbons (Fsp3) is 0.143. The van der Waals surface area contributed by atoms with Crippen LogP contribution in [-0.2, 0) is 13.2 Å². The van der Waals surface area contributed by atoms with Gasteiger partial charge in [0, 0.05) is 0 Å². The van der Waals surface area contributed by atoms with Crippen LogP contribution < -0.4 is 10.2 Å². The smallest absolute Gasteiger partial charge is 0.488 e. The van der Waals surface area contributed by atoms with Crippen molar-refractivity contribution in [2.24, 2.45) is 0 Å². The Hall–Kier alpha value is -1.82. The molecule has 0 heterocycles. The van der Waals surface area contributed by atoms with Crippen LogP contribution in [-0.4, -0.2) is 22.3 Å². The van der Waals surface area contributed by atoms with E-state index in [0.717, 1.165) is 5.56 Å². The molecule has 2 aromatic carbocycles. The van der Waals surface area contributed by atoms with Crippen LogP contribution in [0.4, 0.5) is 0 Å². The van der Waals surface area contributed by atoms with E-state index in [1.54, 1.807) is 12.1 Å². The molecule has 19 heavy (non-hydrogen) atoms. The predicted octanol–water partition coefficient (Wildman–Crippen LogP) is 0.438. The molecular formula is C14H15BO4. The standard InChI is InChI=1S/C14H15BO4/c16-9-12-8-13(6-7-14(12)15(17)18)19-10-11-4-2-1-3-5-11/h1-8,16-18H,9-10H2. The minimum Gasteiger partial charge on any atom is -0.489 e. The van der Waals surface area contributed by atoms with Gasteiger partial charge >= 0.3 is 7.12 Å². The third-order valence-electron chi connectivity index (χ3n) is 2.81. The zero-order chi connectivity index (χ0) is 13.7. The SMILES string of the molecule is OCc1cc(OCc2ccccc2)ccc1B(O)O. The van der Waals surface area contributed by atoms with Crippen molar-refractivity contribution in [1.29, 1.82) is 0 Å². The molecular weight excluding hydrogens is 243 g/mol. The fourth-order valence-electron chi connectivity index (χ4n) is 1.80. The van der Waals surface area contributed by atoms with Gasteiger partial charge in [-0.2, -0.15) is 0 Å². The molecule has 0 saturated heterocycles. The lowest BCUT2D eigenvalue weighted by atomic mass is 9.77. The van der Waals surface area contributed by atoms with Gasteiger partial charge in [-0.05, 0) is 28.7 Å². The lowest BCUT2D eigenvalue weighted by Gasteiger charge is -2.11. The van der Waals surface area contributed by atoms with E-state index in [2.05, 4.69) is 0 Å². The fourth-order valence-corrected chi connectivity index (χ4v) is 1.80. The zero-order valence-electron chi connectivity index (χ0n) is 10.4. The van der Waals surface area contributed by atoms with Gasteiger partial charge in [-0.15, -0.1) is 0 Å². The summed E-state index contributed by atoms with van der Waals surface area (Å²) in [7, 11) is -1.59. The van der Waals surface area contributed by atoms with Crippen molar-refractivity contribution in [3.05, 3.63) is 59.7 Å². The lowest BCUT2D eigenvalue weighted by molar-refractivity contribution is 0.278. The molecule has 0 spiro atoms. The Bertz CT molecular complexity index is 528. The highest BCUT2D eigenvalue weighted by Crippen LogP contribution is 2.14. The van der Waals surface area contributed by atoms with Crippen LogP contribution in [0.25, 0.3) is 0 Å². The second-order valence-electron chi connectivity index (χ2n) is 4.17. The van der Waals surface area contributed by atoms with Crippen LogP contribution in [0, 0.1) is 0 Å². The number of hydrogen-bond donors (Lipinski definition) is 3. The molecule has 2 rings (SSSR count). The molecule has 0 unspecified atom stereocenters. The number of rotatable bonds is 5. The van der Waals surface area contributed by atoms with E-state index in [1.165, 1.54) is 6.07 Å². The summed E-state index contributed by atoms with van der Waals surface area (Å²) in [5, 5.41) is 27.5. The molecule has 0 atom stereocenters. The number of ether oxygens (including phenoxy) is 1. The molecule has 98 valence electrons. The second-order valence-corrected chi connectivity index (χ2v) is 4.17. The average Bonchev–Trinajstić information content (AvgIpc) is 2.45. The van der Waals surface area contributed by atoms with Gasteiger partial charge in [0.25, 0.3) is 0 Å². The second kappa shape index (κ2) is 6.38. The highest BCUT2D eigenvalue weighted by molar-refractivity contribution is 6.59. The van der Waals surface area contributed by atoms with E-state index in [0.29, 0.717) is 17.9 Å². The summed E-state index contributed by atoms with van der Waals surface area (Å²) < 4.78 is 5.59. The topological polar surface area (TPSA) is 69.9 Å². The van der Waals surface area contributed by atoms with Crippen molar-refractivity contribution in [2.75, 3.05) is 0 Å². The van der Waals surface area contributed by atoms with Crippen LogP contribution in [0.5, 0.6) is 5.75 Å². The number of hydrogen-bond acceptors (Lipinski definition) is 4. The molecule has 3 N–H and O–H groups in total. The molecule has 0 aliphatic rings. The van der Waals surface area contributed by atoms with E-state index in [-0.39, 0.29) is 12.1 Å². The van der Waals surface area contributed by atoms with E-state index < -0.39 is 7.12 Å². The molecule has 2 aromatic rings. The minimum atomic E-state index is -1.59. The monoisotopic (exact) mass is 258 g/mol. The average molecular weight is 258 g/mol. The molecule has 0 fully saturated rings. The first kappa shape index (κ1) is 13.6. The largest absolute Gasteiger partial charge is 0.489 e. The normalized spacial score (nSPS) is 10.3. The molecule has 0 aliphatic heterocycles. The Kier molecular flexibility index (Phi) is 4.57. The van der Waals surface area contributed by atoms with Crippen LogP contribution in [0.3, 0.4) is 0 Å². The van der Waals surface area contributed by atoms with Gasteiger partial charge in [0.05, 0.1) is 6.61 Å². The number of aliphatic hydroxyl groups excluding tert-OH is 1. The van der Waals surface area contributed by atoms with E-state index in [4.69, 9.17) is 14.8 Å². The van der Waals surface area contributed by atoms with Crippen LogP contribution in [0.15, 0.2) is 48.5 Å². The third kappa shape index (κ3) is 3.57. The van der Waals surface area contributed by atoms with Crippen molar-refractivity contribution in [2.45, 2.75) is 13.2 Å². The first-order valence-electron chi connectivity index (χ1n) is 5.97. The molecule has 0 bridgehead atoms. The summed E-state index contributed by atoms with van der Waals surface area (Å²) in [6.45, 7) is 0.155. The first-order valence-corrected chi connectivity index (χ1v) is 5.97. The summed E-state index contributed by atoms with van der Waals surface area (Å²) in [5.41, 5.74) is 1.77. The van der Waals surface area contributed by atoms with Crippen LogP contribution >= 0.6 is 0 Å². The molecule has 0 amide bonds. The zero-order valence-corrected chi connectivity index (χ0v) is 10.4. The predicted molar refractivity (Wildman–Crippen MR) is 73.0 cm³/mol. The number of benzene rings is 2. The third-order valence-corrected chi connectivity index (χ3v) is 2.81. The summed E-state index contributed by atoms with van der Waals surface area (Å²) in [4.78, 5) is 0. The van der Waals surface area contributed by atoms with Crippen molar-refractivity contribution in [3.8, 4) is 5.75 Å². The summed E-state index contributed by atoms with van der Waals surface area (Å²) in [5.74, 6) is 0.581. The highest BCUT2D eigenvalue weighted by atomic mass is 16.5. The minimum absolute atomic E-state index is 0.268.